The fraction of sp³-hybridized carbons (Fsp3) is 0.190. The van der Waals surface area contributed by atoms with Gasteiger partial charge in [0.15, 0.2) is 6.79 Å². The van der Waals surface area contributed by atoms with Gasteiger partial charge in [0, 0.05) is 17.2 Å². The summed E-state index contributed by atoms with van der Waals surface area (Å²) in [7, 11) is 1.33. The topological polar surface area (TPSA) is 110 Å². The second-order valence-corrected chi connectivity index (χ2v) is 4.77. The van der Waals surface area contributed by atoms with Gasteiger partial charge in [-0.25, -0.2) is 14.4 Å². The lowest BCUT2D eigenvalue weighted by molar-refractivity contribution is -0.146. The van der Waals surface area contributed by atoms with Gasteiger partial charge in [-0.3, -0.25) is 0 Å². The van der Waals surface area contributed by atoms with Gasteiger partial charge in [-0.15, -0.1) is 0 Å². The van der Waals surface area contributed by atoms with Gasteiger partial charge in [-0.1, -0.05) is 62.7 Å². The van der Waals surface area contributed by atoms with E-state index in [1.54, 1.807) is 6.92 Å². The number of carboxylic acid groups (broad SMARTS) is 1. The second kappa shape index (κ2) is 19.9. The molecular formula is C21H28O7. The molecule has 0 saturated carbocycles. The molecule has 0 radical (unpaired) electrons. The van der Waals surface area contributed by atoms with Gasteiger partial charge < -0.3 is 19.7 Å². The van der Waals surface area contributed by atoms with Crippen LogP contribution >= 0.6 is 0 Å². The number of ether oxygens (including phenoxy) is 2. The van der Waals surface area contributed by atoms with Crippen LogP contribution in [0.5, 0.6) is 0 Å². The van der Waals surface area contributed by atoms with Gasteiger partial charge in [0.05, 0.1) is 7.11 Å². The highest BCUT2D eigenvalue weighted by Gasteiger charge is 1.98. The van der Waals surface area contributed by atoms with Gasteiger partial charge in [0.1, 0.15) is 0 Å². The lowest BCUT2D eigenvalue weighted by Gasteiger charge is -1.95. The van der Waals surface area contributed by atoms with E-state index >= 15 is 0 Å². The summed E-state index contributed by atoms with van der Waals surface area (Å²) >= 11 is 0. The van der Waals surface area contributed by atoms with Gasteiger partial charge in [0.2, 0.25) is 0 Å². The molecule has 0 fully saturated rings. The van der Waals surface area contributed by atoms with Crippen LogP contribution in [0, 0.1) is 0 Å². The summed E-state index contributed by atoms with van der Waals surface area (Å²) in [6.45, 7) is 15.8. The van der Waals surface area contributed by atoms with E-state index in [4.69, 9.17) is 10.2 Å². The number of rotatable bonds is 5. The van der Waals surface area contributed by atoms with Crippen LogP contribution in [0.3, 0.4) is 0 Å². The maximum Gasteiger partial charge on any atom is 0.335 e. The molecule has 0 spiro atoms. The summed E-state index contributed by atoms with van der Waals surface area (Å²) in [6, 6.07) is 10.0. The summed E-state index contributed by atoms with van der Waals surface area (Å²) in [5.41, 5.74) is 1.90. The Hall–Kier alpha value is -3.45. The molecular weight excluding hydrogens is 364 g/mol. The Balaban J connectivity index is -0.000000302. The molecule has 0 aliphatic heterocycles. The molecule has 154 valence electrons. The van der Waals surface area contributed by atoms with Gasteiger partial charge in [-0.05, 0) is 19.4 Å². The minimum Gasteiger partial charge on any atom is -0.478 e. The van der Waals surface area contributed by atoms with Gasteiger partial charge in [-0.2, -0.15) is 0 Å². The molecule has 0 aliphatic rings. The van der Waals surface area contributed by atoms with E-state index in [9.17, 15) is 14.4 Å². The fourth-order valence-corrected chi connectivity index (χ4v) is 0.945. The Morgan fingerprint density at radius 2 is 1.43 bits per heavy atom. The number of carboxylic acids is 1. The van der Waals surface area contributed by atoms with Crippen molar-refractivity contribution >= 4 is 24.0 Å². The lowest BCUT2D eigenvalue weighted by Crippen LogP contribution is -2.04. The fourth-order valence-electron chi connectivity index (χ4n) is 0.945. The number of benzene rings is 1. The van der Waals surface area contributed by atoms with Crippen LogP contribution in [-0.2, 0) is 23.9 Å². The Bertz CT molecular complexity index is 646. The molecule has 1 rings (SSSR count). The molecule has 0 aromatic heterocycles. The van der Waals surface area contributed by atoms with Gasteiger partial charge >= 0.3 is 17.9 Å². The highest BCUT2D eigenvalue weighted by molar-refractivity contribution is 5.87. The minimum absolute atomic E-state index is 0.291. The first-order chi connectivity index (χ1) is 13.1. The van der Waals surface area contributed by atoms with E-state index in [0.29, 0.717) is 11.1 Å². The van der Waals surface area contributed by atoms with E-state index in [2.05, 4.69) is 35.8 Å². The molecule has 0 unspecified atom stereocenters. The first kappa shape index (κ1) is 29.3. The third-order valence-electron chi connectivity index (χ3n) is 2.29. The summed E-state index contributed by atoms with van der Waals surface area (Å²) in [5.74, 6) is -1.89. The number of aliphatic carboxylic acids is 1. The van der Waals surface area contributed by atoms with Crippen molar-refractivity contribution in [3.05, 3.63) is 79.4 Å². The smallest absolute Gasteiger partial charge is 0.335 e. The van der Waals surface area contributed by atoms with E-state index in [0.717, 1.165) is 6.08 Å². The monoisotopic (exact) mass is 392 g/mol. The average molecular weight is 392 g/mol. The average Bonchev–Trinajstić information content (AvgIpc) is 2.69. The molecule has 28 heavy (non-hydrogen) atoms. The second-order valence-electron chi connectivity index (χ2n) is 4.77. The number of esters is 2. The van der Waals surface area contributed by atoms with Gasteiger partial charge in [0.25, 0.3) is 0 Å². The van der Waals surface area contributed by atoms with E-state index in [1.165, 1.54) is 19.6 Å². The predicted octanol–water partition coefficient (Wildman–Crippen LogP) is 3.38. The van der Waals surface area contributed by atoms with Crippen LogP contribution in [0.15, 0.2) is 73.9 Å². The molecule has 0 atom stereocenters. The molecule has 1 aromatic rings. The van der Waals surface area contributed by atoms with E-state index < -0.39 is 18.7 Å². The molecule has 0 bridgehead atoms. The number of methoxy groups -OCH3 is 1. The van der Waals surface area contributed by atoms with Crippen molar-refractivity contribution in [2.75, 3.05) is 13.9 Å². The van der Waals surface area contributed by atoms with Crippen LogP contribution in [0.1, 0.15) is 19.4 Å². The van der Waals surface area contributed by atoms with Crippen LogP contribution in [0.25, 0.3) is 6.08 Å². The van der Waals surface area contributed by atoms with Crippen molar-refractivity contribution < 1.29 is 34.1 Å². The zero-order valence-corrected chi connectivity index (χ0v) is 16.5. The van der Waals surface area contributed by atoms with Crippen LogP contribution < -0.4 is 0 Å². The molecule has 0 amide bonds. The third-order valence-corrected chi connectivity index (χ3v) is 2.29. The molecule has 0 heterocycles. The minimum atomic E-state index is -0.981. The largest absolute Gasteiger partial charge is 0.478 e. The Labute approximate surface area is 165 Å². The molecule has 0 saturated heterocycles. The number of carbonyl (C=O) groups excluding carboxylic acids is 2. The number of aliphatic hydroxyl groups excluding tert-OH is 1. The molecule has 2 N–H and O–H groups in total. The Morgan fingerprint density at radius 1 is 1.00 bits per heavy atom. The van der Waals surface area contributed by atoms with E-state index in [-0.39, 0.29) is 5.97 Å². The van der Waals surface area contributed by atoms with Crippen molar-refractivity contribution in [2.45, 2.75) is 13.8 Å². The molecule has 7 nitrogen and oxygen atoms in total. The number of hydrogen-bond acceptors (Lipinski definition) is 6. The first-order valence-electron chi connectivity index (χ1n) is 7.77. The summed E-state index contributed by atoms with van der Waals surface area (Å²) < 4.78 is 8.39. The quantitative estimate of drug-likeness (QED) is 0.449. The number of carbonyl (C=O) groups is 3. The first-order valence-corrected chi connectivity index (χ1v) is 7.77. The summed E-state index contributed by atoms with van der Waals surface area (Å²) in [4.78, 5) is 29.7. The van der Waals surface area contributed by atoms with Crippen molar-refractivity contribution in [1.29, 1.82) is 0 Å². The van der Waals surface area contributed by atoms with Crippen LogP contribution in [0.4, 0.5) is 0 Å². The van der Waals surface area contributed by atoms with Crippen molar-refractivity contribution in [3.63, 3.8) is 0 Å². The zero-order valence-electron chi connectivity index (χ0n) is 16.5. The SMILES string of the molecule is C=C(C)C(=O)OC.C=C(C)C(=O)OCO.C=CC(=O)O.C=Cc1ccccc1. The summed E-state index contributed by atoms with van der Waals surface area (Å²) in [6.07, 6.45) is 2.67. The summed E-state index contributed by atoms with van der Waals surface area (Å²) in [5, 5.41) is 15.6. The predicted molar refractivity (Wildman–Crippen MR) is 109 cm³/mol. The Morgan fingerprint density at radius 3 is 1.57 bits per heavy atom. The number of aliphatic hydroxyl groups is 1. The highest BCUT2D eigenvalue weighted by atomic mass is 16.6. The highest BCUT2D eigenvalue weighted by Crippen LogP contribution is 1.97. The molecule has 0 aliphatic carbocycles. The van der Waals surface area contributed by atoms with E-state index in [1.807, 2.05) is 36.4 Å². The molecule has 7 heteroatoms. The lowest BCUT2D eigenvalue weighted by atomic mass is 10.2. The van der Waals surface area contributed by atoms with Crippen LogP contribution in [-0.4, -0.2) is 42.0 Å². The maximum absolute atomic E-state index is 10.3. The normalized spacial score (nSPS) is 7.86. The van der Waals surface area contributed by atoms with Crippen molar-refractivity contribution in [2.24, 2.45) is 0 Å². The zero-order chi connectivity index (χ0) is 22.5. The maximum atomic E-state index is 10.3. The molecule has 1 aromatic carbocycles. The third kappa shape index (κ3) is 22.6. The number of hydrogen-bond donors (Lipinski definition) is 2. The Kier molecular flexibility index (Phi) is 20.8. The van der Waals surface area contributed by atoms with Crippen LogP contribution in [0.2, 0.25) is 0 Å². The standard InChI is InChI=1S/C8H8.C5H8O3.C5H8O2.C3H4O2/c1-2-8-6-4-3-5-7-8;1-4(2)5(7)8-3-6;1-4(2)5(6)7-3;1-2-3(4)5/h2-7H,1H2;6H,1,3H2,2H3;1H2,2-3H3;2H,1H2,(H,4,5). The van der Waals surface area contributed by atoms with Crippen molar-refractivity contribution in [3.8, 4) is 0 Å². The van der Waals surface area contributed by atoms with Crippen molar-refractivity contribution in [1.82, 2.24) is 0 Å².